The molecule has 0 unspecified atom stereocenters. The minimum absolute atomic E-state index is 0.567. The summed E-state index contributed by atoms with van der Waals surface area (Å²) in [5.41, 5.74) is 0. The number of rotatable bonds is 2. The van der Waals surface area contributed by atoms with Crippen molar-refractivity contribution in [3.63, 3.8) is 0 Å². The van der Waals surface area contributed by atoms with E-state index >= 15 is 0 Å². The zero-order valence-electron chi connectivity index (χ0n) is 6.46. The van der Waals surface area contributed by atoms with Crippen LogP contribution in [0.1, 0.15) is 12.7 Å². The van der Waals surface area contributed by atoms with Crippen LogP contribution in [0.15, 0.2) is 0 Å². The first-order valence-corrected chi connectivity index (χ1v) is 3.21. The van der Waals surface area contributed by atoms with Crippen molar-refractivity contribution < 1.29 is 4.74 Å². The smallest absolute Gasteiger partial charge is 0.314 e. The minimum Gasteiger partial charge on any atom is -0.467 e. The standard InChI is InChI=1S/C6H11N3O/c1-4-5-7-6(10-3)9(2)8-5/h4H2,1-3H3. The molecule has 0 radical (unpaired) electrons. The van der Waals surface area contributed by atoms with Gasteiger partial charge in [0.05, 0.1) is 7.11 Å². The van der Waals surface area contributed by atoms with E-state index in [1.54, 1.807) is 11.8 Å². The first-order chi connectivity index (χ1) is 4.77. The molecule has 0 fully saturated rings. The fraction of sp³-hybridized carbons (Fsp3) is 0.667. The van der Waals surface area contributed by atoms with Crippen LogP contribution >= 0.6 is 0 Å². The quantitative estimate of drug-likeness (QED) is 0.598. The van der Waals surface area contributed by atoms with Crippen LogP contribution in [-0.4, -0.2) is 21.9 Å². The third kappa shape index (κ3) is 1.10. The molecule has 56 valence electrons. The average molecular weight is 141 g/mol. The fourth-order valence-corrected chi connectivity index (χ4v) is 0.749. The molecule has 0 aliphatic heterocycles. The maximum Gasteiger partial charge on any atom is 0.314 e. The van der Waals surface area contributed by atoms with Crippen molar-refractivity contribution in [3.8, 4) is 6.01 Å². The Morgan fingerprint density at radius 1 is 1.60 bits per heavy atom. The second-order valence-corrected chi connectivity index (χ2v) is 1.99. The summed E-state index contributed by atoms with van der Waals surface area (Å²) in [6.45, 7) is 2.01. The molecular weight excluding hydrogens is 130 g/mol. The van der Waals surface area contributed by atoms with E-state index in [0.717, 1.165) is 12.2 Å². The summed E-state index contributed by atoms with van der Waals surface area (Å²) < 4.78 is 6.54. The predicted molar refractivity (Wildman–Crippen MR) is 36.9 cm³/mol. The molecule has 0 spiro atoms. The molecule has 0 amide bonds. The van der Waals surface area contributed by atoms with Crippen LogP contribution in [-0.2, 0) is 13.5 Å². The van der Waals surface area contributed by atoms with Crippen molar-refractivity contribution in [2.75, 3.05) is 7.11 Å². The number of methoxy groups -OCH3 is 1. The Balaban J connectivity index is 2.92. The van der Waals surface area contributed by atoms with Gasteiger partial charge in [-0.3, -0.25) is 0 Å². The van der Waals surface area contributed by atoms with E-state index in [0.29, 0.717) is 6.01 Å². The summed E-state index contributed by atoms with van der Waals surface area (Å²) >= 11 is 0. The van der Waals surface area contributed by atoms with Crippen molar-refractivity contribution in [1.29, 1.82) is 0 Å². The molecule has 4 heteroatoms. The lowest BCUT2D eigenvalue weighted by molar-refractivity contribution is 0.359. The molecule has 0 aliphatic rings. The van der Waals surface area contributed by atoms with Crippen LogP contribution in [0.4, 0.5) is 0 Å². The average Bonchev–Trinajstić information content (AvgIpc) is 2.30. The van der Waals surface area contributed by atoms with Gasteiger partial charge in [-0.1, -0.05) is 6.92 Å². The monoisotopic (exact) mass is 141 g/mol. The molecule has 1 aromatic heterocycles. The van der Waals surface area contributed by atoms with Gasteiger partial charge in [0.1, 0.15) is 0 Å². The number of hydrogen-bond acceptors (Lipinski definition) is 3. The largest absolute Gasteiger partial charge is 0.467 e. The normalized spacial score (nSPS) is 9.90. The lowest BCUT2D eigenvalue weighted by Crippen LogP contribution is -1.95. The summed E-state index contributed by atoms with van der Waals surface area (Å²) in [6.07, 6.45) is 0.844. The summed E-state index contributed by atoms with van der Waals surface area (Å²) in [6, 6.07) is 0.567. The van der Waals surface area contributed by atoms with Crippen molar-refractivity contribution in [3.05, 3.63) is 5.82 Å². The van der Waals surface area contributed by atoms with Gasteiger partial charge in [-0.25, -0.2) is 4.68 Å². The second kappa shape index (κ2) is 2.68. The SMILES string of the molecule is CCc1nc(OC)n(C)n1. The molecule has 4 nitrogen and oxygen atoms in total. The van der Waals surface area contributed by atoms with E-state index in [9.17, 15) is 0 Å². The summed E-state index contributed by atoms with van der Waals surface area (Å²) in [5, 5.41) is 4.08. The summed E-state index contributed by atoms with van der Waals surface area (Å²) in [7, 11) is 3.40. The van der Waals surface area contributed by atoms with Crippen LogP contribution in [0.5, 0.6) is 6.01 Å². The van der Waals surface area contributed by atoms with Crippen LogP contribution < -0.4 is 4.74 Å². The number of ether oxygens (including phenoxy) is 1. The molecule has 1 heterocycles. The van der Waals surface area contributed by atoms with Gasteiger partial charge in [-0.2, -0.15) is 10.1 Å². The Hall–Kier alpha value is -1.06. The molecular formula is C6H11N3O. The maximum absolute atomic E-state index is 4.92. The van der Waals surface area contributed by atoms with Crippen LogP contribution in [0.2, 0.25) is 0 Å². The molecule has 0 bridgehead atoms. The van der Waals surface area contributed by atoms with E-state index in [1.165, 1.54) is 0 Å². The highest BCUT2D eigenvalue weighted by Crippen LogP contribution is 2.03. The van der Waals surface area contributed by atoms with Gasteiger partial charge in [0, 0.05) is 13.5 Å². The van der Waals surface area contributed by atoms with Crippen molar-refractivity contribution in [2.45, 2.75) is 13.3 Å². The van der Waals surface area contributed by atoms with Gasteiger partial charge in [0.25, 0.3) is 0 Å². The lowest BCUT2D eigenvalue weighted by atomic mass is 10.5. The highest BCUT2D eigenvalue weighted by molar-refractivity contribution is 4.96. The highest BCUT2D eigenvalue weighted by atomic mass is 16.5. The Morgan fingerprint density at radius 3 is 2.60 bits per heavy atom. The summed E-state index contributed by atoms with van der Waals surface area (Å²) in [5.74, 6) is 0.819. The van der Waals surface area contributed by atoms with Gasteiger partial charge in [0.15, 0.2) is 5.82 Å². The molecule has 0 saturated carbocycles. The maximum atomic E-state index is 4.92. The van der Waals surface area contributed by atoms with Gasteiger partial charge in [-0.15, -0.1) is 0 Å². The molecule has 1 rings (SSSR count). The Bertz CT molecular complexity index is 219. The van der Waals surface area contributed by atoms with E-state index in [-0.39, 0.29) is 0 Å². The molecule has 0 aliphatic carbocycles. The molecule has 10 heavy (non-hydrogen) atoms. The minimum atomic E-state index is 0.567. The number of aromatic nitrogens is 3. The predicted octanol–water partition coefficient (Wildman–Crippen LogP) is 0.386. The molecule has 1 aromatic rings. The highest BCUT2D eigenvalue weighted by Gasteiger charge is 2.02. The van der Waals surface area contributed by atoms with Crippen molar-refractivity contribution in [1.82, 2.24) is 14.8 Å². The molecule has 0 N–H and O–H groups in total. The van der Waals surface area contributed by atoms with E-state index < -0.39 is 0 Å². The van der Waals surface area contributed by atoms with Gasteiger partial charge < -0.3 is 4.74 Å². The second-order valence-electron chi connectivity index (χ2n) is 1.99. The van der Waals surface area contributed by atoms with Crippen molar-refractivity contribution in [2.24, 2.45) is 7.05 Å². The number of hydrogen-bond donors (Lipinski definition) is 0. The van der Waals surface area contributed by atoms with E-state index in [2.05, 4.69) is 10.1 Å². The lowest BCUT2D eigenvalue weighted by Gasteiger charge is -1.92. The third-order valence-electron chi connectivity index (χ3n) is 1.27. The zero-order chi connectivity index (χ0) is 7.56. The first kappa shape index (κ1) is 7.05. The topological polar surface area (TPSA) is 39.9 Å². The number of nitrogens with zero attached hydrogens (tertiary/aromatic N) is 3. The Morgan fingerprint density at radius 2 is 2.30 bits per heavy atom. The van der Waals surface area contributed by atoms with Gasteiger partial charge in [0.2, 0.25) is 0 Å². The molecule has 0 aromatic carbocycles. The third-order valence-corrected chi connectivity index (χ3v) is 1.27. The zero-order valence-corrected chi connectivity index (χ0v) is 6.46. The molecule has 0 atom stereocenters. The van der Waals surface area contributed by atoms with E-state index in [4.69, 9.17) is 4.74 Å². The van der Waals surface area contributed by atoms with Crippen LogP contribution in [0.3, 0.4) is 0 Å². The Kier molecular flexibility index (Phi) is 1.89. The first-order valence-electron chi connectivity index (χ1n) is 3.21. The van der Waals surface area contributed by atoms with E-state index in [1.807, 2.05) is 14.0 Å². The van der Waals surface area contributed by atoms with Crippen molar-refractivity contribution >= 4 is 0 Å². The number of aryl methyl sites for hydroxylation is 2. The summed E-state index contributed by atoms with van der Waals surface area (Å²) in [4.78, 5) is 4.08. The van der Waals surface area contributed by atoms with Gasteiger partial charge in [-0.05, 0) is 0 Å². The van der Waals surface area contributed by atoms with Gasteiger partial charge >= 0.3 is 6.01 Å². The van der Waals surface area contributed by atoms with Crippen LogP contribution in [0, 0.1) is 0 Å². The Labute approximate surface area is 59.8 Å². The molecule has 0 saturated heterocycles. The fourth-order valence-electron chi connectivity index (χ4n) is 0.749. The van der Waals surface area contributed by atoms with Crippen LogP contribution in [0.25, 0.3) is 0 Å².